The van der Waals surface area contributed by atoms with Crippen molar-refractivity contribution in [3.63, 3.8) is 0 Å². The van der Waals surface area contributed by atoms with Gasteiger partial charge in [-0.05, 0) is 19.3 Å². The largest absolute Gasteiger partial charge is 0.368 e. The fourth-order valence-corrected chi connectivity index (χ4v) is 2.89. The van der Waals surface area contributed by atoms with Gasteiger partial charge in [-0.2, -0.15) is 4.98 Å². The predicted octanol–water partition coefficient (Wildman–Crippen LogP) is 3.41. The number of fused-ring (bicyclic) bond motifs is 1. The summed E-state index contributed by atoms with van der Waals surface area (Å²) in [5.41, 5.74) is 2.83. The zero-order valence-electron chi connectivity index (χ0n) is 16.1. The first kappa shape index (κ1) is 19.1. The lowest BCUT2D eigenvalue weighted by Gasteiger charge is -2.17. The van der Waals surface area contributed by atoms with Gasteiger partial charge in [0.2, 0.25) is 5.95 Å². The van der Waals surface area contributed by atoms with Crippen molar-refractivity contribution < 1.29 is 0 Å². The minimum absolute atomic E-state index is 0.303. The van der Waals surface area contributed by atoms with Gasteiger partial charge in [0.15, 0.2) is 5.82 Å². The van der Waals surface area contributed by atoms with Crippen molar-refractivity contribution in [2.45, 2.75) is 46.5 Å². The van der Waals surface area contributed by atoms with Crippen LogP contribution in [0.5, 0.6) is 0 Å². The van der Waals surface area contributed by atoms with E-state index >= 15 is 0 Å². The van der Waals surface area contributed by atoms with Crippen LogP contribution in [0.1, 0.15) is 52.1 Å². The lowest BCUT2D eigenvalue weighted by Crippen LogP contribution is -2.19. The van der Waals surface area contributed by atoms with Crippen molar-refractivity contribution >= 4 is 29.0 Å². The molecule has 1 aromatic rings. The first-order chi connectivity index (χ1) is 12.2. The number of aliphatic imine (C=N–C) groups is 2. The predicted molar refractivity (Wildman–Crippen MR) is 107 cm³/mol. The van der Waals surface area contributed by atoms with Crippen molar-refractivity contribution in [2.75, 3.05) is 43.1 Å². The fourth-order valence-electron chi connectivity index (χ4n) is 2.89. The third kappa shape index (κ3) is 4.46. The van der Waals surface area contributed by atoms with Gasteiger partial charge in [0.25, 0.3) is 0 Å². The van der Waals surface area contributed by atoms with E-state index in [1.54, 1.807) is 0 Å². The highest BCUT2D eigenvalue weighted by Gasteiger charge is 2.29. The molecule has 0 radical (unpaired) electrons. The maximum absolute atomic E-state index is 4.90. The average molecular weight is 345 g/mol. The molecule has 1 unspecified atom stereocenters. The summed E-state index contributed by atoms with van der Waals surface area (Å²) in [5, 5.41) is 9.95. The standard InChI is InChI=1S/C18H31N7/c1-6-9-21-14-12(8-3)11-13(19-4)23-16-15(14)24-18(20-5)25-17(16)22-10-7-2/h12H,6-11H2,1-5H3,(H,19,23)(H2,20,22,24,25). The van der Waals surface area contributed by atoms with Gasteiger partial charge in [-0.1, -0.05) is 20.8 Å². The van der Waals surface area contributed by atoms with Gasteiger partial charge in [-0.15, -0.1) is 0 Å². The number of aromatic nitrogens is 2. The van der Waals surface area contributed by atoms with E-state index in [1.165, 1.54) is 0 Å². The van der Waals surface area contributed by atoms with Gasteiger partial charge in [-0.3, -0.25) is 9.98 Å². The zero-order valence-corrected chi connectivity index (χ0v) is 16.1. The van der Waals surface area contributed by atoms with E-state index < -0.39 is 0 Å². The average Bonchev–Trinajstić information content (AvgIpc) is 2.80. The Labute approximate surface area is 150 Å². The summed E-state index contributed by atoms with van der Waals surface area (Å²) in [6.45, 7) is 8.14. The topological polar surface area (TPSA) is 86.6 Å². The first-order valence-electron chi connectivity index (χ1n) is 9.29. The van der Waals surface area contributed by atoms with Gasteiger partial charge in [0.1, 0.15) is 17.2 Å². The van der Waals surface area contributed by atoms with E-state index in [2.05, 4.69) is 46.7 Å². The van der Waals surface area contributed by atoms with E-state index in [0.717, 1.165) is 67.5 Å². The molecule has 1 atom stereocenters. The molecule has 7 heteroatoms. The highest BCUT2D eigenvalue weighted by Crippen LogP contribution is 2.32. The van der Waals surface area contributed by atoms with Crippen LogP contribution in [0.2, 0.25) is 0 Å². The smallest absolute Gasteiger partial charge is 0.225 e. The molecule has 0 fully saturated rings. The molecule has 7 nitrogen and oxygen atoms in total. The Morgan fingerprint density at radius 1 is 1.20 bits per heavy atom. The highest BCUT2D eigenvalue weighted by molar-refractivity contribution is 6.14. The fraction of sp³-hybridized carbons (Fsp3) is 0.667. The molecule has 138 valence electrons. The molecular formula is C18H31N7. The van der Waals surface area contributed by atoms with E-state index in [9.17, 15) is 0 Å². The Kier molecular flexibility index (Phi) is 7.16. The molecule has 1 aromatic heterocycles. The highest BCUT2D eigenvalue weighted by atomic mass is 15.2. The molecule has 2 rings (SSSR count). The molecule has 3 N–H and O–H groups in total. The lowest BCUT2D eigenvalue weighted by molar-refractivity contribution is 0.689. The maximum atomic E-state index is 4.90. The number of nitrogens with zero attached hydrogens (tertiary/aromatic N) is 4. The van der Waals surface area contributed by atoms with E-state index in [1.807, 2.05) is 14.1 Å². The van der Waals surface area contributed by atoms with Gasteiger partial charge >= 0.3 is 0 Å². The lowest BCUT2D eigenvalue weighted by atomic mass is 9.94. The van der Waals surface area contributed by atoms with Crippen molar-refractivity contribution in [2.24, 2.45) is 15.9 Å². The Balaban J connectivity index is 2.65. The van der Waals surface area contributed by atoms with Crippen molar-refractivity contribution in [1.82, 2.24) is 9.97 Å². The molecule has 1 aliphatic heterocycles. The van der Waals surface area contributed by atoms with Gasteiger partial charge < -0.3 is 16.0 Å². The Hall–Kier alpha value is -2.18. The molecule has 0 aromatic carbocycles. The van der Waals surface area contributed by atoms with Crippen LogP contribution < -0.4 is 16.0 Å². The molecule has 0 aliphatic carbocycles. The number of amidine groups is 1. The molecule has 0 saturated heterocycles. The minimum Gasteiger partial charge on any atom is -0.368 e. The number of nitrogens with one attached hydrogen (secondary N) is 3. The zero-order chi connectivity index (χ0) is 18.2. The molecule has 1 aliphatic rings. The third-order valence-electron chi connectivity index (χ3n) is 4.28. The molecule has 0 bridgehead atoms. The van der Waals surface area contributed by atoms with Crippen LogP contribution in [0.15, 0.2) is 9.98 Å². The van der Waals surface area contributed by atoms with Crippen LogP contribution in [-0.2, 0) is 0 Å². The second kappa shape index (κ2) is 9.34. The summed E-state index contributed by atoms with van der Waals surface area (Å²) in [5.74, 6) is 2.67. The number of rotatable bonds is 7. The number of hydrogen-bond acceptors (Lipinski definition) is 6. The summed E-state index contributed by atoms with van der Waals surface area (Å²) in [7, 11) is 3.67. The first-order valence-corrected chi connectivity index (χ1v) is 9.29. The van der Waals surface area contributed by atoms with Crippen LogP contribution in [0.25, 0.3) is 0 Å². The Morgan fingerprint density at radius 2 is 2.00 bits per heavy atom. The summed E-state index contributed by atoms with van der Waals surface area (Å²) in [6.07, 6.45) is 3.88. The molecule has 0 spiro atoms. The summed E-state index contributed by atoms with van der Waals surface area (Å²) < 4.78 is 0. The monoisotopic (exact) mass is 345 g/mol. The summed E-state index contributed by atoms with van der Waals surface area (Å²) in [6, 6.07) is 0. The SMILES string of the molecule is CCCN=C1c2nc(NC)nc(NCCC)c2NC(=NC)CC1CC. The molecule has 25 heavy (non-hydrogen) atoms. The summed E-state index contributed by atoms with van der Waals surface area (Å²) in [4.78, 5) is 18.7. The van der Waals surface area contributed by atoms with Crippen LogP contribution in [0.3, 0.4) is 0 Å². The van der Waals surface area contributed by atoms with Crippen LogP contribution in [0, 0.1) is 5.92 Å². The van der Waals surface area contributed by atoms with Crippen molar-refractivity contribution in [3.05, 3.63) is 5.69 Å². The van der Waals surface area contributed by atoms with E-state index in [4.69, 9.17) is 9.98 Å². The minimum atomic E-state index is 0.303. The second-order valence-corrected chi connectivity index (χ2v) is 6.17. The summed E-state index contributed by atoms with van der Waals surface area (Å²) >= 11 is 0. The van der Waals surface area contributed by atoms with Crippen molar-refractivity contribution in [3.8, 4) is 0 Å². The normalized spacial score (nSPS) is 20.1. The number of anilines is 3. The Bertz CT molecular complexity index is 637. The van der Waals surface area contributed by atoms with E-state index in [-0.39, 0.29) is 0 Å². The van der Waals surface area contributed by atoms with Crippen molar-refractivity contribution in [1.29, 1.82) is 0 Å². The van der Waals surface area contributed by atoms with Gasteiger partial charge in [0, 0.05) is 39.5 Å². The molecule has 0 amide bonds. The number of hydrogen-bond donors (Lipinski definition) is 3. The van der Waals surface area contributed by atoms with Crippen LogP contribution >= 0.6 is 0 Å². The van der Waals surface area contributed by atoms with Crippen LogP contribution in [-0.4, -0.2) is 48.7 Å². The van der Waals surface area contributed by atoms with Gasteiger partial charge in [-0.25, -0.2) is 4.98 Å². The van der Waals surface area contributed by atoms with Gasteiger partial charge in [0.05, 0.1) is 5.71 Å². The van der Waals surface area contributed by atoms with Crippen LogP contribution in [0.4, 0.5) is 17.5 Å². The quantitative estimate of drug-likeness (QED) is 0.705. The Morgan fingerprint density at radius 3 is 2.60 bits per heavy atom. The van der Waals surface area contributed by atoms with E-state index in [0.29, 0.717) is 11.9 Å². The second-order valence-electron chi connectivity index (χ2n) is 6.17. The maximum Gasteiger partial charge on any atom is 0.225 e. The molecular weight excluding hydrogens is 314 g/mol. The molecule has 2 heterocycles. The molecule has 0 saturated carbocycles. The third-order valence-corrected chi connectivity index (χ3v) is 4.28.